The minimum absolute atomic E-state index is 0.0181. The SMILES string of the molecule is COc1ccc(/C(O)=C2/C(=O)C(=O)N(C3CCCC3)C2c2ccc(OC(C)C)cc2)cc1C(C)C. The number of hydrogen-bond acceptors (Lipinski definition) is 5. The average Bonchev–Trinajstić information content (AvgIpc) is 3.45. The van der Waals surface area contributed by atoms with Crippen molar-refractivity contribution in [3.63, 3.8) is 0 Å². The maximum Gasteiger partial charge on any atom is 0.295 e. The fraction of sp³-hybridized carbons (Fsp3) is 0.448. The molecule has 0 bridgehead atoms. The molecule has 2 aliphatic rings. The van der Waals surface area contributed by atoms with E-state index in [1.165, 1.54) is 0 Å². The number of hydrogen-bond donors (Lipinski definition) is 1. The van der Waals surface area contributed by atoms with Crippen LogP contribution in [0.15, 0.2) is 48.0 Å². The van der Waals surface area contributed by atoms with E-state index in [-0.39, 0.29) is 29.4 Å². The van der Waals surface area contributed by atoms with Crippen LogP contribution in [0.1, 0.15) is 82.0 Å². The van der Waals surface area contributed by atoms with Crippen molar-refractivity contribution in [2.24, 2.45) is 0 Å². The molecule has 2 fully saturated rings. The molecule has 1 heterocycles. The number of ketones is 1. The van der Waals surface area contributed by atoms with Crippen LogP contribution in [-0.2, 0) is 9.59 Å². The lowest BCUT2D eigenvalue weighted by atomic mass is 9.92. The van der Waals surface area contributed by atoms with E-state index in [9.17, 15) is 14.7 Å². The molecular formula is C29H35NO5. The van der Waals surface area contributed by atoms with Crippen molar-refractivity contribution in [3.05, 3.63) is 64.7 Å². The van der Waals surface area contributed by atoms with Crippen LogP contribution in [0.5, 0.6) is 11.5 Å². The number of aliphatic hydroxyl groups excluding tert-OH is 1. The lowest BCUT2D eigenvalue weighted by Gasteiger charge is -2.31. The van der Waals surface area contributed by atoms with Crippen molar-refractivity contribution in [2.45, 2.75) is 77.5 Å². The Balaban J connectivity index is 1.84. The van der Waals surface area contributed by atoms with Crippen LogP contribution in [0.2, 0.25) is 0 Å². The summed E-state index contributed by atoms with van der Waals surface area (Å²) in [7, 11) is 1.61. The first-order valence-electron chi connectivity index (χ1n) is 12.5. The summed E-state index contributed by atoms with van der Waals surface area (Å²) in [5.41, 5.74) is 2.35. The monoisotopic (exact) mass is 477 g/mol. The van der Waals surface area contributed by atoms with Crippen LogP contribution in [0.3, 0.4) is 0 Å². The third kappa shape index (κ3) is 4.79. The van der Waals surface area contributed by atoms with Gasteiger partial charge in [0.1, 0.15) is 17.3 Å². The van der Waals surface area contributed by atoms with Gasteiger partial charge in [0.25, 0.3) is 11.7 Å². The Kier molecular flexibility index (Phi) is 7.20. The summed E-state index contributed by atoms with van der Waals surface area (Å²) in [6.45, 7) is 8.01. The van der Waals surface area contributed by atoms with E-state index in [1.807, 2.05) is 58.0 Å². The average molecular weight is 478 g/mol. The summed E-state index contributed by atoms with van der Waals surface area (Å²) in [5, 5.41) is 11.5. The zero-order chi connectivity index (χ0) is 25.3. The molecule has 186 valence electrons. The number of carbonyl (C=O) groups is 2. The standard InChI is InChI=1S/C29H35NO5/c1-17(2)23-16-20(12-15-24(23)34-5)27(31)25-26(19-10-13-22(14-11-19)35-18(3)4)30(29(33)28(25)32)21-8-6-7-9-21/h10-18,21,26,31H,6-9H2,1-5H3/b27-25-. The highest BCUT2D eigenvalue weighted by Crippen LogP contribution is 2.44. The maximum atomic E-state index is 13.4. The van der Waals surface area contributed by atoms with E-state index in [4.69, 9.17) is 9.47 Å². The van der Waals surface area contributed by atoms with Crippen LogP contribution in [0.25, 0.3) is 5.76 Å². The predicted molar refractivity (Wildman–Crippen MR) is 136 cm³/mol. The summed E-state index contributed by atoms with van der Waals surface area (Å²) in [6, 6.07) is 12.2. The van der Waals surface area contributed by atoms with Gasteiger partial charge in [-0.2, -0.15) is 0 Å². The fourth-order valence-electron chi connectivity index (χ4n) is 5.23. The first-order valence-corrected chi connectivity index (χ1v) is 12.5. The Hall–Kier alpha value is -3.28. The highest BCUT2D eigenvalue weighted by atomic mass is 16.5. The van der Waals surface area contributed by atoms with Gasteiger partial charge >= 0.3 is 0 Å². The first kappa shape index (κ1) is 24.8. The summed E-state index contributed by atoms with van der Waals surface area (Å²) >= 11 is 0. The van der Waals surface area contributed by atoms with E-state index in [2.05, 4.69) is 0 Å². The molecule has 6 heteroatoms. The predicted octanol–water partition coefficient (Wildman–Crippen LogP) is 5.97. The molecule has 35 heavy (non-hydrogen) atoms. The molecule has 1 aliphatic carbocycles. The maximum absolute atomic E-state index is 13.4. The smallest absolute Gasteiger partial charge is 0.295 e. The number of methoxy groups -OCH3 is 1. The van der Waals surface area contributed by atoms with Crippen LogP contribution >= 0.6 is 0 Å². The Labute approximate surface area is 207 Å². The van der Waals surface area contributed by atoms with Crippen LogP contribution in [0.4, 0.5) is 0 Å². The van der Waals surface area contributed by atoms with Gasteiger partial charge in [0.05, 0.1) is 24.8 Å². The normalized spacial score (nSPS) is 20.3. The third-order valence-corrected chi connectivity index (χ3v) is 6.89. The molecule has 0 radical (unpaired) electrons. The Bertz CT molecular complexity index is 1130. The van der Waals surface area contributed by atoms with Crippen molar-refractivity contribution < 1.29 is 24.2 Å². The number of ether oxygens (including phenoxy) is 2. The van der Waals surface area contributed by atoms with Crippen molar-refractivity contribution in [3.8, 4) is 11.5 Å². The molecule has 6 nitrogen and oxygen atoms in total. The number of rotatable bonds is 7. The molecule has 0 spiro atoms. The van der Waals surface area contributed by atoms with E-state index in [1.54, 1.807) is 24.1 Å². The second kappa shape index (κ2) is 10.1. The van der Waals surface area contributed by atoms with Gasteiger partial charge in [-0.15, -0.1) is 0 Å². The summed E-state index contributed by atoms with van der Waals surface area (Å²) in [4.78, 5) is 28.4. The number of Topliss-reactive ketones (excluding diaryl/α,β-unsaturated/α-hetero) is 1. The molecule has 2 aromatic carbocycles. The molecule has 1 atom stereocenters. The van der Waals surface area contributed by atoms with Crippen molar-refractivity contribution >= 4 is 17.4 Å². The van der Waals surface area contributed by atoms with Gasteiger partial charge in [-0.1, -0.05) is 38.8 Å². The summed E-state index contributed by atoms with van der Waals surface area (Å²) in [6.07, 6.45) is 3.81. The van der Waals surface area contributed by atoms with Gasteiger partial charge in [0.15, 0.2) is 0 Å². The van der Waals surface area contributed by atoms with Crippen molar-refractivity contribution in [1.82, 2.24) is 4.90 Å². The molecule has 1 saturated heterocycles. The molecule has 1 unspecified atom stereocenters. The van der Waals surface area contributed by atoms with Crippen LogP contribution in [-0.4, -0.2) is 41.0 Å². The Morgan fingerprint density at radius 2 is 1.66 bits per heavy atom. The zero-order valence-corrected chi connectivity index (χ0v) is 21.2. The Morgan fingerprint density at radius 3 is 2.23 bits per heavy atom. The van der Waals surface area contributed by atoms with Crippen LogP contribution < -0.4 is 9.47 Å². The second-order valence-electron chi connectivity index (χ2n) is 9.99. The molecule has 1 amide bonds. The minimum atomic E-state index is -0.643. The fourth-order valence-corrected chi connectivity index (χ4v) is 5.23. The van der Waals surface area contributed by atoms with Crippen molar-refractivity contribution in [2.75, 3.05) is 7.11 Å². The lowest BCUT2D eigenvalue weighted by molar-refractivity contribution is -0.141. The summed E-state index contributed by atoms with van der Waals surface area (Å²) < 4.78 is 11.3. The molecule has 1 saturated carbocycles. The van der Waals surface area contributed by atoms with E-state index in [0.717, 1.165) is 48.3 Å². The number of likely N-dealkylation sites (tertiary alicyclic amines) is 1. The lowest BCUT2D eigenvalue weighted by Crippen LogP contribution is -2.37. The number of amides is 1. The quantitative estimate of drug-likeness (QED) is 0.302. The largest absolute Gasteiger partial charge is 0.507 e. The number of carbonyl (C=O) groups excluding carboxylic acids is 2. The molecule has 4 rings (SSSR count). The highest BCUT2D eigenvalue weighted by Gasteiger charge is 2.49. The van der Waals surface area contributed by atoms with E-state index in [0.29, 0.717) is 5.56 Å². The minimum Gasteiger partial charge on any atom is -0.507 e. The van der Waals surface area contributed by atoms with Gasteiger partial charge in [-0.05, 0) is 74.1 Å². The van der Waals surface area contributed by atoms with Gasteiger partial charge in [0.2, 0.25) is 0 Å². The topological polar surface area (TPSA) is 76.1 Å². The Morgan fingerprint density at radius 1 is 1.00 bits per heavy atom. The van der Waals surface area contributed by atoms with E-state index >= 15 is 0 Å². The van der Waals surface area contributed by atoms with Crippen LogP contribution in [0, 0.1) is 0 Å². The van der Waals surface area contributed by atoms with Gasteiger partial charge in [-0.3, -0.25) is 9.59 Å². The highest BCUT2D eigenvalue weighted by molar-refractivity contribution is 6.46. The number of aliphatic hydroxyl groups is 1. The molecule has 2 aromatic rings. The summed E-state index contributed by atoms with van der Waals surface area (Å²) in [5.74, 6) is 0.273. The molecule has 1 N–H and O–H groups in total. The molecule has 1 aliphatic heterocycles. The number of nitrogens with zero attached hydrogens (tertiary/aromatic N) is 1. The first-order chi connectivity index (χ1) is 16.7. The van der Waals surface area contributed by atoms with Gasteiger partial charge < -0.3 is 19.5 Å². The third-order valence-electron chi connectivity index (χ3n) is 6.89. The number of benzene rings is 2. The molecular weight excluding hydrogens is 442 g/mol. The van der Waals surface area contributed by atoms with Crippen molar-refractivity contribution in [1.29, 1.82) is 0 Å². The zero-order valence-electron chi connectivity index (χ0n) is 21.2. The second-order valence-corrected chi connectivity index (χ2v) is 9.99. The van der Waals surface area contributed by atoms with Gasteiger partial charge in [-0.25, -0.2) is 0 Å². The van der Waals surface area contributed by atoms with Gasteiger partial charge in [0, 0.05) is 11.6 Å². The van der Waals surface area contributed by atoms with E-state index < -0.39 is 17.7 Å². The molecule has 0 aromatic heterocycles.